The highest BCUT2D eigenvalue weighted by Gasteiger charge is 2.16. The first-order valence-electron chi connectivity index (χ1n) is 5.19. The van der Waals surface area contributed by atoms with E-state index < -0.39 is 12.0 Å². The van der Waals surface area contributed by atoms with Gasteiger partial charge in [-0.05, 0) is 6.92 Å². The third-order valence-corrected chi connectivity index (χ3v) is 2.26. The SMILES string of the molecule is CC(O)C(=O)Nc1nc2c(c(=O)[nH]1)NCCN2. The minimum Gasteiger partial charge on any atom is -0.384 e. The number of aliphatic hydroxyl groups is 1. The molecule has 0 fully saturated rings. The maximum absolute atomic E-state index is 11.6. The van der Waals surface area contributed by atoms with Crippen LogP contribution < -0.4 is 21.5 Å². The Morgan fingerprint density at radius 1 is 1.47 bits per heavy atom. The van der Waals surface area contributed by atoms with Gasteiger partial charge in [-0.25, -0.2) is 0 Å². The number of aliphatic hydroxyl groups excluding tert-OH is 1. The van der Waals surface area contributed by atoms with Crippen LogP contribution in [0.2, 0.25) is 0 Å². The molecular weight excluding hydrogens is 226 g/mol. The molecule has 1 atom stereocenters. The highest BCUT2D eigenvalue weighted by molar-refractivity contribution is 5.92. The largest absolute Gasteiger partial charge is 0.384 e. The molecule has 2 rings (SSSR count). The van der Waals surface area contributed by atoms with E-state index in [0.717, 1.165) is 0 Å². The second-order valence-corrected chi connectivity index (χ2v) is 3.66. The Hall–Kier alpha value is -2.09. The molecule has 1 unspecified atom stereocenters. The van der Waals surface area contributed by atoms with Gasteiger partial charge in [0.15, 0.2) is 5.82 Å². The van der Waals surface area contributed by atoms with Gasteiger partial charge in [-0.1, -0.05) is 0 Å². The van der Waals surface area contributed by atoms with E-state index in [2.05, 4.69) is 25.9 Å². The highest BCUT2D eigenvalue weighted by Crippen LogP contribution is 2.17. The molecule has 1 aliphatic heterocycles. The smallest absolute Gasteiger partial charge is 0.277 e. The molecule has 17 heavy (non-hydrogen) atoms. The Morgan fingerprint density at radius 3 is 2.88 bits per heavy atom. The van der Waals surface area contributed by atoms with E-state index in [1.807, 2.05) is 0 Å². The van der Waals surface area contributed by atoms with Crippen LogP contribution >= 0.6 is 0 Å². The van der Waals surface area contributed by atoms with Gasteiger partial charge in [0, 0.05) is 13.1 Å². The Bertz CT molecular complexity index is 496. The number of anilines is 3. The molecule has 1 aliphatic rings. The van der Waals surface area contributed by atoms with Gasteiger partial charge in [0.25, 0.3) is 11.5 Å². The van der Waals surface area contributed by atoms with E-state index in [0.29, 0.717) is 24.6 Å². The number of hydrogen-bond acceptors (Lipinski definition) is 6. The molecule has 0 saturated heterocycles. The number of nitrogens with zero attached hydrogens (tertiary/aromatic N) is 1. The molecule has 0 saturated carbocycles. The van der Waals surface area contributed by atoms with Gasteiger partial charge in [0.05, 0.1) is 0 Å². The Balaban J connectivity index is 2.28. The number of amides is 1. The van der Waals surface area contributed by atoms with Crippen LogP contribution in [0.3, 0.4) is 0 Å². The summed E-state index contributed by atoms with van der Waals surface area (Å²) >= 11 is 0. The third kappa shape index (κ3) is 2.36. The molecule has 1 aromatic heterocycles. The number of carbonyl (C=O) groups is 1. The number of fused-ring (bicyclic) bond motifs is 1. The molecule has 92 valence electrons. The van der Waals surface area contributed by atoms with Crippen LogP contribution in [0.15, 0.2) is 4.79 Å². The van der Waals surface area contributed by atoms with E-state index in [1.165, 1.54) is 6.92 Å². The molecule has 5 N–H and O–H groups in total. The zero-order chi connectivity index (χ0) is 12.4. The lowest BCUT2D eigenvalue weighted by Crippen LogP contribution is -2.31. The molecule has 0 spiro atoms. The van der Waals surface area contributed by atoms with Crippen molar-refractivity contribution < 1.29 is 9.90 Å². The quantitative estimate of drug-likeness (QED) is 0.448. The van der Waals surface area contributed by atoms with Crippen molar-refractivity contribution in [2.45, 2.75) is 13.0 Å². The molecule has 2 heterocycles. The van der Waals surface area contributed by atoms with Crippen LogP contribution in [-0.4, -0.2) is 40.2 Å². The topological polar surface area (TPSA) is 119 Å². The summed E-state index contributed by atoms with van der Waals surface area (Å²) in [6.07, 6.45) is -1.16. The van der Waals surface area contributed by atoms with Crippen LogP contribution in [0.5, 0.6) is 0 Å². The van der Waals surface area contributed by atoms with Crippen LogP contribution in [-0.2, 0) is 4.79 Å². The fourth-order valence-corrected chi connectivity index (χ4v) is 1.41. The van der Waals surface area contributed by atoms with Gasteiger partial charge < -0.3 is 15.7 Å². The number of rotatable bonds is 2. The molecular formula is C9H13N5O3. The van der Waals surface area contributed by atoms with E-state index in [9.17, 15) is 9.59 Å². The third-order valence-electron chi connectivity index (χ3n) is 2.26. The first-order valence-corrected chi connectivity index (χ1v) is 5.19. The number of aromatic nitrogens is 2. The summed E-state index contributed by atoms with van der Waals surface area (Å²) in [5.41, 5.74) is -0.0191. The van der Waals surface area contributed by atoms with E-state index in [-0.39, 0.29) is 11.5 Å². The fraction of sp³-hybridized carbons (Fsp3) is 0.444. The van der Waals surface area contributed by atoms with Crippen molar-refractivity contribution in [3.8, 4) is 0 Å². The number of aromatic amines is 1. The van der Waals surface area contributed by atoms with Gasteiger partial charge in [-0.15, -0.1) is 0 Å². The van der Waals surface area contributed by atoms with Gasteiger partial charge in [-0.2, -0.15) is 4.98 Å². The van der Waals surface area contributed by atoms with Crippen LogP contribution in [0.4, 0.5) is 17.5 Å². The highest BCUT2D eigenvalue weighted by atomic mass is 16.3. The van der Waals surface area contributed by atoms with Gasteiger partial charge in [-0.3, -0.25) is 19.9 Å². The number of carbonyl (C=O) groups excluding carboxylic acids is 1. The van der Waals surface area contributed by atoms with Crippen LogP contribution in [0.25, 0.3) is 0 Å². The number of hydrogen-bond donors (Lipinski definition) is 5. The monoisotopic (exact) mass is 239 g/mol. The number of nitrogens with one attached hydrogen (secondary N) is 4. The Labute approximate surface area is 96.5 Å². The van der Waals surface area contributed by atoms with Crippen molar-refractivity contribution >= 4 is 23.4 Å². The standard InChI is InChI=1S/C9H13N5O3/c1-4(15)7(16)13-9-12-6-5(8(17)14-9)10-2-3-11-6/h4,10,15H,2-3H2,1H3,(H3,11,12,13,14,16,17). The van der Waals surface area contributed by atoms with Crippen molar-refractivity contribution in [2.24, 2.45) is 0 Å². The van der Waals surface area contributed by atoms with Crippen molar-refractivity contribution in [1.29, 1.82) is 0 Å². The molecule has 0 aromatic carbocycles. The van der Waals surface area contributed by atoms with Gasteiger partial charge in [0.1, 0.15) is 11.8 Å². The van der Waals surface area contributed by atoms with Crippen molar-refractivity contribution in [3.05, 3.63) is 10.4 Å². The van der Waals surface area contributed by atoms with Crippen LogP contribution in [0, 0.1) is 0 Å². The summed E-state index contributed by atoms with van der Waals surface area (Å²) in [7, 11) is 0. The van der Waals surface area contributed by atoms with E-state index in [1.54, 1.807) is 0 Å². The van der Waals surface area contributed by atoms with E-state index in [4.69, 9.17) is 5.11 Å². The zero-order valence-corrected chi connectivity index (χ0v) is 9.20. The summed E-state index contributed by atoms with van der Waals surface area (Å²) in [5.74, 6) is -0.228. The second-order valence-electron chi connectivity index (χ2n) is 3.66. The lowest BCUT2D eigenvalue weighted by Gasteiger charge is -2.18. The van der Waals surface area contributed by atoms with Gasteiger partial charge >= 0.3 is 0 Å². The molecule has 0 radical (unpaired) electrons. The van der Waals surface area contributed by atoms with Crippen molar-refractivity contribution in [3.63, 3.8) is 0 Å². The Morgan fingerprint density at radius 2 is 2.18 bits per heavy atom. The lowest BCUT2D eigenvalue weighted by atomic mass is 10.3. The zero-order valence-electron chi connectivity index (χ0n) is 9.20. The minimum atomic E-state index is -1.16. The van der Waals surface area contributed by atoms with E-state index >= 15 is 0 Å². The number of H-pyrrole nitrogens is 1. The molecule has 1 amide bonds. The normalized spacial score (nSPS) is 15.2. The van der Waals surface area contributed by atoms with Crippen molar-refractivity contribution in [2.75, 3.05) is 29.0 Å². The lowest BCUT2D eigenvalue weighted by molar-refractivity contribution is -0.123. The predicted molar refractivity (Wildman–Crippen MR) is 62.1 cm³/mol. The maximum Gasteiger partial charge on any atom is 0.277 e. The second kappa shape index (κ2) is 4.42. The molecule has 8 heteroatoms. The Kier molecular flexibility index (Phi) is 2.96. The molecule has 0 bridgehead atoms. The average Bonchev–Trinajstić information content (AvgIpc) is 2.29. The fourth-order valence-electron chi connectivity index (χ4n) is 1.41. The maximum atomic E-state index is 11.6. The summed E-state index contributed by atoms with van der Waals surface area (Å²) < 4.78 is 0. The van der Waals surface area contributed by atoms with Crippen LogP contribution in [0.1, 0.15) is 6.92 Å². The average molecular weight is 239 g/mol. The molecule has 1 aromatic rings. The summed E-state index contributed by atoms with van der Waals surface area (Å²) in [4.78, 5) is 29.3. The summed E-state index contributed by atoms with van der Waals surface area (Å²) in [6, 6.07) is 0. The minimum absolute atomic E-state index is 0.0100. The predicted octanol–water partition coefficient (Wildman–Crippen LogP) is -1.07. The molecule has 8 nitrogen and oxygen atoms in total. The van der Waals surface area contributed by atoms with Crippen molar-refractivity contribution in [1.82, 2.24) is 9.97 Å². The molecule has 0 aliphatic carbocycles. The summed E-state index contributed by atoms with van der Waals surface area (Å²) in [5, 5.41) is 17.2. The first kappa shape index (κ1) is 11.4. The summed E-state index contributed by atoms with van der Waals surface area (Å²) in [6.45, 7) is 2.61. The first-order chi connectivity index (χ1) is 8.08. The van der Waals surface area contributed by atoms with Gasteiger partial charge in [0.2, 0.25) is 5.95 Å².